The van der Waals surface area contributed by atoms with Crippen LogP contribution in [0.1, 0.15) is 56.9 Å². The van der Waals surface area contributed by atoms with Gasteiger partial charge in [0, 0.05) is 6.54 Å². The van der Waals surface area contributed by atoms with Gasteiger partial charge in [-0.05, 0) is 30.4 Å². The number of nitrogens with two attached hydrogens (primary N) is 1. The summed E-state index contributed by atoms with van der Waals surface area (Å²) in [5.74, 6) is -0.787. The van der Waals surface area contributed by atoms with Crippen LogP contribution in [0.4, 0.5) is 0 Å². The molecule has 4 N–H and O–H groups in total. The van der Waals surface area contributed by atoms with Gasteiger partial charge in [-0.25, -0.2) is 0 Å². The van der Waals surface area contributed by atoms with Crippen LogP contribution in [0, 0.1) is 5.92 Å². The standard InChI is InChI=1S/C23H33N3O3/c24-23(29)20(17-22(28)25-16-15-19-11-6-3-7-12-19)26-21(27)14-8-13-18-9-4-1-2-5-10-18/h3,6-8,11-12,14,18,20H,1-2,4-5,9-10,13,15-17H2,(H2,24,29)(H,25,28)(H,26,27). The van der Waals surface area contributed by atoms with Crippen LogP contribution < -0.4 is 16.4 Å². The molecule has 3 amide bonds. The Balaban J connectivity index is 1.71. The minimum Gasteiger partial charge on any atom is -0.368 e. The van der Waals surface area contributed by atoms with Crippen LogP contribution in [-0.4, -0.2) is 30.3 Å². The van der Waals surface area contributed by atoms with Crippen LogP contribution in [0.3, 0.4) is 0 Å². The van der Waals surface area contributed by atoms with Crippen molar-refractivity contribution in [3.8, 4) is 0 Å². The zero-order valence-electron chi connectivity index (χ0n) is 17.1. The lowest BCUT2D eigenvalue weighted by Gasteiger charge is -2.14. The fourth-order valence-corrected chi connectivity index (χ4v) is 3.66. The number of carbonyl (C=O) groups is 3. The number of allylic oxidation sites excluding steroid dienone is 1. The first-order valence-corrected chi connectivity index (χ1v) is 10.6. The topological polar surface area (TPSA) is 101 Å². The van der Waals surface area contributed by atoms with E-state index in [4.69, 9.17) is 5.73 Å². The molecule has 1 aliphatic rings. The first kappa shape index (κ1) is 22.7. The summed E-state index contributed by atoms with van der Waals surface area (Å²) in [6.45, 7) is 0.462. The van der Waals surface area contributed by atoms with E-state index in [1.54, 1.807) is 0 Å². The summed E-state index contributed by atoms with van der Waals surface area (Å²) in [6.07, 6.45) is 12.3. The molecule has 1 aromatic rings. The van der Waals surface area contributed by atoms with Crippen molar-refractivity contribution in [2.75, 3.05) is 6.54 Å². The Hall–Kier alpha value is -2.63. The van der Waals surface area contributed by atoms with E-state index < -0.39 is 11.9 Å². The van der Waals surface area contributed by atoms with Gasteiger partial charge in [0.15, 0.2) is 0 Å². The maximum absolute atomic E-state index is 12.1. The van der Waals surface area contributed by atoms with Crippen LogP contribution in [0.5, 0.6) is 0 Å². The van der Waals surface area contributed by atoms with Gasteiger partial charge in [0.05, 0.1) is 6.42 Å². The molecule has 29 heavy (non-hydrogen) atoms. The molecule has 1 atom stereocenters. The van der Waals surface area contributed by atoms with Crippen LogP contribution >= 0.6 is 0 Å². The van der Waals surface area contributed by atoms with E-state index >= 15 is 0 Å². The highest BCUT2D eigenvalue weighted by Gasteiger charge is 2.20. The summed E-state index contributed by atoms with van der Waals surface area (Å²) >= 11 is 0. The zero-order valence-corrected chi connectivity index (χ0v) is 17.1. The minimum absolute atomic E-state index is 0.160. The average Bonchev–Trinajstić information content (AvgIpc) is 2.97. The molecule has 1 fully saturated rings. The third-order valence-corrected chi connectivity index (χ3v) is 5.34. The van der Waals surface area contributed by atoms with E-state index in [0.29, 0.717) is 18.9 Å². The van der Waals surface area contributed by atoms with Crippen molar-refractivity contribution in [2.24, 2.45) is 11.7 Å². The second-order valence-electron chi connectivity index (χ2n) is 7.75. The van der Waals surface area contributed by atoms with Crippen molar-refractivity contribution in [3.05, 3.63) is 48.0 Å². The lowest BCUT2D eigenvalue weighted by molar-refractivity contribution is -0.129. The predicted molar refractivity (Wildman–Crippen MR) is 114 cm³/mol. The summed E-state index contributed by atoms with van der Waals surface area (Å²) < 4.78 is 0. The van der Waals surface area contributed by atoms with Crippen molar-refractivity contribution in [1.29, 1.82) is 0 Å². The molecule has 1 unspecified atom stereocenters. The van der Waals surface area contributed by atoms with Gasteiger partial charge in [0.2, 0.25) is 17.7 Å². The van der Waals surface area contributed by atoms with Gasteiger partial charge in [0.25, 0.3) is 0 Å². The first-order chi connectivity index (χ1) is 14.0. The molecule has 1 saturated carbocycles. The smallest absolute Gasteiger partial charge is 0.244 e. The summed E-state index contributed by atoms with van der Waals surface area (Å²) in [5, 5.41) is 5.31. The number of carbonyl (C=O) groups excluding carboxylic acids is 3. The van der Waals surface area contributed by atoms with Crippen molar-refractivity contribution >= 4 is 17.7 Å². The third-order valence-electron chi connectivity index (χ3n) is 5.34. The lowest BCUT2D eigenvalue weighted by atomic mass is 9.96. The Bertz CT molecular complexity index is 680. The van der Waals surface area contributed by atoms with Crippen molar-refractivity contribution in [3.63, 3.8) is 0 Å². The molecule has 0 radical (unpaired) electrons. The number of hydrogen-bond donors (Lipinski definition) is 3. The second kappa shape index (κ2) is 12.8. The number of benzene rings is 1. The quantitative estimate of drug-likeness (QED) is 0.416. The van der Waals surface area contributed by atoms with E-state index in [1.165, 1.54) is 44.6 Å². The zero-order chi connectivity index (χ0) is 20.9. The molecule has 6 nitrogen and oxygen atoms in total. The minimum atomic E-state index is -1.01. The Morgan fingerprint density at radius 2 is 1.76 bits per heavy atom. The molecule has 1 aliphatic carbocycles. The summed E-state index contributed by atoms with van der Waals surface area (Å²) in [5.41, 5.74) is 6.48. The highest BCUT2D eigenvalue weighted by atomic mass is 16.2. The molecule has 0 aliphatic heterocycles. The van der Waals surface area contributed by atoms with E-state index in [1.807, 2.05) is 36.4 Å². The highest BCUT2D eigenvalue weighted by molar-refractivity contribution is 5.94. The summed E-state index contributed by atoms with van der Waals surface area (Å²) in [6, 6.07) is 8.78. The van der Waals surface area contributed by atoms with Crippen molar-refractivity contribution in [2.45, 2.75) is 63.8 Å². The second-order valence-corrected chi connectivity index (χ2v) is 7.75. The molecule has 0 saturated heterocycles. The fraction of sp³-hybridized carbons (Fsp3) is 0.522. The van der Waals surface area contributed by atoms with Gasteiger partial charge in [0.1, 0.15) is 6.04 Å². The molecular weight excluding hydrogens is 366 g/mol. The largest absolute Gasteiger partial charge is 0.368 e. The molecule has 6 heteroatoms. The summed E-state index contributed by atoms with van der Waals surface area (Å²) in [7, 11) is 0. The van der Waals surface area contributed by atoms with Crippen LogP contribution in [0.15, 0.2) is 42.5 Å². The van der Waals surface area contributed by atoms with Gasteiger partial charge in [-0.15, -0.1) is 0 Å². The van der Waals surface area contributed by atoms with Crippen molar-refractivity contribution < 1.29 is 14.4 Å². The number of nitrogens with one attached hydrogen (secondary N) is 2. The van der Waals surface area contributed by atoms with Gasteiger partial charge in [-0.1, -0.05) is 74.9 Å². The van der Waals surface area contributed by atoms with Crippen LogP contribution in [0.25, 0.3) is 0 Å². The van der Waals surface area contributed by atoms with Gasteiger partial charge in [-0.3, -0.25) is 14.4 Å². The van der Waals surface area contributed by atoms with Gasteiger partial charge in [-0.2, -0.15) is 0 Å². The first-order valence-electron chi connectivity index (χ1n) is 10.6. The van der Waals surface area contributed by atoms with Crippen LogP contribution in [0.2, 0.25) is 0 Å². The summed E-state index contributed by atoms with van der Waals surface area (Å²) in [4.78, 5) is 35.8. The maximum atomic E-state index is 12.1. The monoisotopic (exact) mass is 399 g/mol. The highest BCUT2D eigenvalue weighted by Crippen LogP contribution is 2.25. The molecular formula is C23H33N3O3. The molecule has 158 valence electrons. The number of amides is 3. The van der Waals surface area contributed by atoms with Crippen LogP contribution in [-0.2, 0) is 20.8 Å². The molecule has 1 aromatic carbocycles. The number of rotatable bonds is 10. The van der Waals surface area contributed by atoms with E-state index in [0.717, 1.165) is 12.0 Å². The molecule has 0 spiro atoms. The lowest BCUT2D eigenvalue weighted by Crippen LogP contribution is -2.46. The Kier molecular flexibility index (Phi) is 9.96. The Labute approximate surface area is 173 Å². The molecule has 0 aromatic heterocycles. The van der Waals surface area contributed by atoms with E-state index in [2.05, 4.69) is 10.6 Å². The molecule has 0 bridgehead atoms. The normalized spacial score (nSPS) is 16.1. The third kappa shape index (κ3) is 9.41. The Morgan fingerprint density at radius 3 is 2.41 bits per heavy atom. The molecule has 2 rings (SSSR count). The van der Waals surface area contributed by atoms with Gasteiger partial charge < -0.3 is 16.4 Å². The molecule has 0 heterocycles. The number of primary amides is 1. The average molecular weight is 400 g/mol. The number of hydrogen-bond acceptors (Lipinski definition) is 3. The maximum Gasteiger partial charge on any atom is 0.244 e. The van der Waals surface area contributed by atoms with Crippen molar-refractivity contribution in [1.82, 2.24) is 10.6 Å². The Morgan fingerprint density at radius 1 is 1.07 bits per heavy atom. The fourth-order valence-electron chi connectivity index (χ4n) is 3.66. The van der Waals surface area contributed by atoms with E-state index in [9.17, 15) is 14.4 Å². The van der Waals surface area contributed by atoms with Gasteiger partial charge >= 0.3 is 0 Å². The predicted octanol–water partition coefficient (Wildman–Crippen LogP) is 2.62. The van der Waals surface area contributed by atoms with E-state index in [-0.39, 0.29) is 18.2 Å². The SMILES string of the molecule is NC(=O)C(CC(=O)NCCc1ccccc1)NC(=O)C=CCC1CCCCCC1.